The Labute approximate surface area is 174 Å². The molecule has 6 heteroatoms. The van der Waals surface area contributed by atoms with Crippen molar-refractivity contribution in [1.82, 2.24) is 5.43 Å². The summed E-state index contributed by atoms with van der Waals surface area (Å²) in [7, 11) is 1.49. The second kappa shape index (κ2) is 10.4. The van der Waals surface area contributed by atoms with Crippen LogP contribution in [0.3, 0.4) is 0 Å². The number of benzene rings is 3. The Morgan fingerprint density at radius 2 is 1.72 bits per heavy atom. The molecule has 0 aliphatic carbocycles. The smallest absolute Gasteiger partial charge is 0.273 e. The maximum absolute atomic E-state index is 12.3. The first-order valence-electron chi connectivity index (χ1n) is 9.04. The highest BCUT2D eigenvalue weighted by molar-refractivity contribution is 6.31. The monoisotopic (exact) mass is 408 g/mol. The summed E-state index contributed by atoms with van der Waals surface area (Å²) in [5, 5.41) is 4.69. The number of hydrazone groups is 1. The van der Waals surface area contributed by atoms with Gasteiger partial charge in [-0.25, -0.2) is 5.43 Å². The Hall–Kier alpha value is -3.15. The van der Waals surface area contributed by atoms with Crippen LogP contribution in [0.25, 0.3) is 0 Å². The van der Waals surface area contributed by atoms with Gasteiger partial charge in [-0.1, -0.05) is 60.1 Å². The molecule has 1 atom stereocenters. The first-order valence-corrected chi connectivity index (χ1v) is 9.42. The van der Waals surface area contributed by atoms with Gasteiger partial charge in [0.1, 0.15) is 12.4 Å². The molecule has 3 aromatic rings. The number of hydrogen-bond donors (Lipinski definition) is 1. The number of hydrogen-bond acceptors (Lipinski definition) is 4. The van der Waals surface area contributed by atoms with Crippen molar-refractivity contribution in [3.8, 4) is 5.75 Å². The van der Waals surface area contributed by atoms with Crippen molar-refractivity contribution in [3.63, 3.8) is 0 Å². The molecular formula is C23H21ClN2O3. The summed E-state index contributed by atoms with van der Waals surface area (Å²) in [5.74, 6) is 0.379. The van der Waals surface area contributed by atoms with Crippen molar-refractivity contribution in [2.24, 2.45) is 5.10 Å². The zero-order valence-corrected chi connectivity index (χ0v) is 16.7. The van der Waals surface area contributed by atoms with Gasteiger partial charge in [0, 0.05) is 17.7 Å². The number of carbonyl (C=O) groups is 1. The van der Waals surface area contributed by atoms with Gasteiger partial charge in [0.05, 0.1) is 6.21 Å². The molecule has 0 heterocycles. The molecule has 0 fully saturated rings. The van der Waals surface area contributed by atoms with Crippen LogP contribution in [0.4, 0.5) is 0 Å². The summed E-state index contributed by atoms with van der Waals surface area (Å²) in [4.78, 5) is 12.3. The number of ether oxygens (including phenoxy) is 2. The van der Waals surface area contributed by atoms with Gasteiger partial charge >= 0.3 is 0 Å². The lowest BCUT2D eigenvalue weighted by atomic mass is 10.1. The molecule has 0 saturated carbocycles. The van der Waals surface area contributed by atoms with Crippen LogP contribution in [0.1, 0.15) is 22.8 Å². The van der Waals surface area contributed by atoms with E-state index in [1.165, 1.54) is 7.11 Å². The van der Waals surface area contributed by atoms with Crippen molar-refractivity contribution in [1.29, 1.82) is 0 Å². The largest absolute Gasteiger partial charge is 0.489 e. The van der Waals surface area contributed by atoms with Gasteiger partial charge in [-0.2, -0.15) is 5.10 Å². The Kier molecular flexibility index (Phi) is 7.39. The van der Waals surface area contributed by atoms with Gasteiger partial charge in [-0.05, 0) is 41.5 Å². The van der Waals surface area contributed by atoms with E-state index < -0.39 is 6.10 Å². The summed E-state index contributed by atoms with van der Waals surface area (Å²) < 4.78 is 11.0. The summed E-state index contributed by atoms with van der Waals surface area (Å²) in [6.45, 7) is 0.390. The fourth-order valence-electron chi connectivity index (χ4n) is 2.68. The summed E-state index contributed by atoms with van der Waals surface area (Å²) in [6.07, 6.45) is 0.849. The van der Waals surface area contributed by atoms with E-state index in [2.05, 4.69) is 10.5 Å². The second-order valence-corrected chi connectivity index (χ2v) is 6.62. The van der Waals surface area contributed by atoms with Crippen LogP contribution < -0.4 is 10.2 Å². The van der Waals surface area contributed by atoms with Crippen LogP contribution in [0.15, 0.2) is 84.0 Å². The molecule has 29 heavy (non-hydrogen) atoms. The fourth-order valence-corrected chi connectivity index (χ4v) is 2.87. The number of rotatable bonds is 8. The van der Waals surface area contributed by atoms with Crippen LogP contribution >= 0.6 is 11.6 Å². The molecule has 3 rings (SSSR count). The zero-order chi connectivity index (χ0) is 20.5. The number of methoxy groups -OCH3 is 1. The molecule has 0 aliphatic heterocycles. The van der Waals surface area contributed by atoms with E-state index in [-0.39, 0.29) is 5.91 Å². The topological polar surface area (TPSA) is 59.9 Å². The normalized spacial score (nSPS) is 11.9. The molecule has 0 spiro atoms. The van der Waals surface area contributed by atoms with E-state index in [4.69, 9.17) is 21.1 Å². The molecule has 1 unspecified atom stereocenters. The molecular weight excluding hydrogens is 388 g/mol. The van der Waals surface area contributed by atoms with E-state index in [1.807, 2.05) is 78.9 Å². The zero-order valence-electron chi connectivity index (χ0n) is 15.9. The fraction of sp³-hybridized carbons (Fsp3) is 0.130. The first-order chi connectivity index (χ1) is 14.2. The number of nitrogens with one attached hydrogen (secondary N) is 1. The Morgan fingerprint density at radius 3 is 2.41 bits per heavy atom. The predicted molar refractivity (Wildman–Crippen MR) is 114 cm³/mol. The van der Waals surface area contributed by atoms with Crippen LogP contribution in [0.5, 0.6) is 5.75 Å². The van der Waals surface area contributed by atoms with Gasteiger partial charge < -0.3 is 9.47 Å². The van der Waals surface area contributed by atoms with Crippen LogP contribution in [-0.2, 0) is 16.1 Å². The van der Waals surface area contributed by atoms with Crippen LogP contribution in [-0.4, -0.2) is 19.2 Å². The van der Waals surface area contributed by atoms with Crippen molar-refractivity contribution in [3.05, 3.63) is 101 Å². The molecule has 1 amide bonds. The van der Waals surface area contributed by atoms with E-state index in [0.717, 1.165) is 22.4 Å². The lowest BCUT2D eigenvalue weighted by Crippen LogP contribution is -2.26. The third kappa shape index (κ3) is 5.91. The number of amides is 1. The highest BCUT2D eigenvalue weighted by Gasteiger charge is 2.19. The minimum Gasteiger partial charge on any atom is -0.489 e. The minimum atomic E-state index is -0.714. The summed E-state index contributed by atoms with van der Waals surface area (Å²) >= 11 is 6.13. The van der Waals surface area contributed by atoms with E-state index in [0.29, 0.717) is 11.6 Å². The van der Waals surface area contributed by atoms with Gasteiger partial charge in [-0.15, -0.1) is 0 Å². The van der Waals surface area contributed by atoms with Gasteiger partial charge in [0.2, 0.25) is 0 Å². The molecule has 0 radical (unpaired) electrons. The van der Waals surface area contributed by atoms with Gasteiger partial charge in [-0.3, -0.25) is 4.79 Å². The second-order valence-electron chi connectivity index (χ2n) is 6.21. The molecule has 3 aromatic carbocycles. The SMILES string of the molecule is COC(C(=O)NN=Cc1ccc(OCc2ccccc2Cl)cc1)c1ccccc1. The molecule has 148 valence electrons. The lowest BCUT2D eigenvalue weighted by Gasteiger charge is -2.13. The number of carbonyl (C=O) groups excluding carboxylic acids is 1. The van der Waals surface area contributed by atoms with E-state index in [9.17, 15) is 4.79 Å². The average Bonchev–Trinajstić information content (AvgIpc) is 2.75. The van der Waals surface area contributed by atoms with Crippen LogP contribution in [0, 0.1) is 0 Å². The van der Waals surface area contributed by atoms with Crippen molar-refractivity contribution >= 4 is 23.7 Å². The van der Waals surface area contributed by atoms with Gasteiger partial charge in [0.15, 0.2) is 6.10 Å². The third-order valence-electron chi connectivity index (χ3n) is 4.20. The maximum Gasteiger partial charge on any atom is 0.273 e. The highest BCUT2D eigenvalue weighted by atomic mass is 35.5. The number of halogens is 1. The summed E-state index contributed by atoms with van der Waals surface area (Å²) in [5.41, 5.74) is 5.02. The Balaban J connectivity index is 1.53. The van der Waals surface area contributed by atoms with Gasteiger partial charge in [0.25, 0.3) is 5.91 Å². The molecule has 0 saturated heterocycles. The Bertz CT molecular complexity index is 959. The standard InChI is InChI=1S/C23H21ClN2O3/c1-28-22(18-7-3-2-4-8-18)23(27)26-25-15-17-11-13-20(14-12-17)29-16-19-9-5-6-10-21(19)24/h2-15,22H,16H2,1H3,(H,26,27). The third-order valence-corrected chi connectivity index (χ3v) is 4.57. The quantitative estimate of drug-likeness (QED) is 0.432. The first kappa shape index (κ1) is 20.6. The van der Waals surface area contributed by atoms with Crippen LogP contribution in [0.2, 0.25) is 5.02 Å². The Morgan fingerprint density at radius 1 is 1.03 bits per heavy atom. The lowest BCUT2D eigenvalue weighted by molar-refractivity contribution is -0.131. The van der Waals surface area contributed by atoms with Crippen molar-refractivity contribution < 1.29 is 14.3 Å². The minimum absolute atomic E-state index is 0.338. The highest BCUT2D eigenvalue weighted by Crippen LogP contribution is 2.19. The average molecular weight is 409 g/mol. The maximum atomic E-state index is 12.3. The molecule has 1 N–H and O–H groups in total. The van der Waals surface area contributed by atoms with Crippen molar-refractivity contribution in [2.45, 2.75) is 12.7 Å². The predicted octanol–water partition coefficient (Wildman–Crippen LogP) is 4.76. The van der Waals surface area contributed by atoms with E-state index >= 15 is 0 Å². The molecule has 0 bridgehead atoms. The molecule has 0 aliphatic rings. The summed E-state index contributed by atoms with van der Waals surface area (Å²) in [6, 6.07) is 24.2. The molecule has 0 aromatic heterocycles. The van der Waals surface area contributed by atoms with Crippen molar-refractivity contribution in [2.75, 3.05) is 7.11 Å². The molecule has 5 nitrogen and oxygen atoms in total. The van der Waals surface area contributed by atoms with E-state index in [1.54, 1.807) is 6.21 Å². The number of nitrogens with zero attached hydrogens (tertiary/aromatic N) is 1.